The Bertz CT molecular complexity index is 1710. The minimum atomic E-state index is -3.94. The summed E-state index contributed by atoms with van der Waals surface area (Å²) in [5.41, 5.74) is 1.87. The summed E-state index contributed by atoms with van der Waals surface area (Å²) in [7, 11) is -2.46. The van der Waals surface area contributed by atoms with E-state index in [1.54, 1.807) is 42.5 Å². The molecule has 0 aliphatic heterocycles. The van der Waals surface area contributed by atoms with Gasteiger partial charge in [0.1, 0.15) is 17.8 Å². The normalized spacial score (nSPS) is 11.5. The number of anilines is 1. The maximum Gasteiger partial charge on any atom is 0.263 e. The van der Waals surface area contributed by atoms with Gasteiger partial charge in [-0.2, -0.15) is 0 Å². The Balaban J connectivity index is 1.66. The maximum absolute atomic E-state index is 13.8. The van der Waals surface area contributed by atoms with Crippen molar-refractivity contribution < 1.29 is 22.1 Å². The van der Waals surface area contributed by atoms with Crippen LogP contribution < -0.4 is 15.0 Å². The predicted molar refractivity (Wildman–Crippen MR) is 129 cm³/mol. The molecule has 0 aliphatic carbocycles. The third-order valence-electron chi connectivity index (χ3n) is 5.43. The van der Waals surface area contributed by atoms with Gasteiger partial charge in [0.2, 0.25) is 0 Å². The molecular weight excluding hydrogens is 473 g/mol. The molecule has 0 aliphatic rings. The van der Waals surface area contributed by atoms with E-state index >= 15 is 0 Å². The van der Waals surface area contributed by atoms with E-state index in [0.717, 1.165) is 0 Å². The van der Waals surface area contributed by atoms with Crippen LogP contribution in [0, 0.1) is 5.82 Å². The van der Waals surface area contributed by atoms with E-state index in [2.05, 4.69) is 14.4 Å². The Morgan fingerprint density at radius 1 is 0.971 bits per heavy atom. The Labute approximate surface area is 199 Å². The third-order valence-corrected chi connectivity index (χ3v) is 6.78. The van der Waals surface area contributed by atoms with Crippen molar-refractivity contribution in [2.45, 2.75) is 4.90 Å². The van der Waals surface area contributed by atoms with Gasteiger partial charge in [0.05, 0.1) is 23.2 Å². The molecule has 2 aromatic heterocycles. The molecule has 10 heteroatoms. The molecule has 0 spiro atoms. The number of nitrogens with one attached hydrogen (secondary N) is 1. The molecule has 5 rings (SSSR count). The number of sulfonamides is 1. The van der Waals surface area contributed by atoms with Crippen LogP contribution in [0.25, 0.3) is 27.7 Å². The van der Waals surface area contributed by atoms with Crippen molar-refractivity contribution in [2.75, 3.05) is 11.8 Å². The molecule has 3 aromatic carbocycles. The fourth-order valence-corrected chi connectivity index (χ4v) is 4.84. The van der Waals surface area contributed by atoms with Gasteiger partial charge in [0.15, 0.2) is 5.82 Å². The van der Waals surface area contributed by atoms with Gasteiger partial charge in [-0.1, -0.05) is 23.4 Å². The quantitative estimate of drug-likeness (QED) is 0.373. The summed E-state index contributed by atoms with van der Waals surface area (Å²) in [5.74, 6) is 0.0910. The molecule has 0 unspecified atom stereocenters. The topological polar surface area (TPSA) is 103 Å². The number of halogens is 1. The molecule has 0 amide bonds. The zero-order chi connectivity index (χ0) is 24.6. The summed E-state index contributed by atoms with van der Waals surface area (Å²) in [6.45, 7) is 0. The van der Waals surface area contributed by atoms with Crippen molar-refractivity contribution in [1.29, 1.82) is 0 Å². The van der Waals surface area contributed by atoms with Crippen LogP contribution >= 0.6 is 0 Å². The highest BCUT2D eigenvalue weighted by Crippen LogP contribution is 2.31. The summed E-state index contributed by atoms with van der Waals surface area (Å²) < 4.78 is 53.3. The Morgan fingerprint density at radius 3 is 2.54 bits per heavy atom. The SMILES string of the molecule is COc1ccc(-c2cccc(F)c2)cc1-n1c(=O)ccc2cc(S(=O)(=O)Nc3ccon3)ccc21. The average molecular weight is 492 g/mol. The Kier molecular flexibility index (Phi) is 5.58. The van der Waals surface area contributed by atoms with Crippen LogP contribution in [-0.2, 0) is 10.0 Å². The van der Waals surface area contributed by atoms with Gasteiger partial charge in [-0.15, -0.1) is 0 Å². The largest absolute Gasteiger partial charge is 0.495 e. The number of pyridine rings is 1. The van der Waals surface area contributed by atoms with Crippen molar-refractivity contribution in [2.24, 2.45) is 0 Å². The number of nitrogens with zero attached hydrogens (tertiary/aromatic N) is 2. The van der Waals surface area contributed by atoms with Gasteiger partial charge in [0.25, 0.3) is 15.6 Å². The van der Waals surface area contributed by atoms with Gasteiger partial charge in [0, 0.05) is 17.5 Å². The highest BCUT2D eigenvalue weighted by molar-refractivity contribution is 7.92. The van der Waals surface area contributed by atoms with Crippen LogP contribution in [0.5, 0.6) is 5.75 Å². The highest BCUT2D eigenvalue weighted by atomic mass is 32.2. The monoisotopic (exact) mass is 491 g/mol. The molecule has 0 fully saturated rings. The number of hydrogen-bond acceptors (Lipinski definition) is 6. The van der Waals surface area contributed by atoms with Crippen LogP contribution in [0.3, 0.4) is 0 Å². The lowest BCUT2D eigenvalue weighted by Gasteiger charge is -2.16. The summed E-state index contributed by atoms with van der Waals surface area (Å²) in [5, 5.41) is 4.07. The van der Waals surface area contributed by atoms with Crippen molar-refractivity contribution in [1.82, 2.24) is 9.72 Å². The lowest BCUT2D eigenvalue weighted by atomic mass is 10.0. The fourth-order valence-electron chi connectivity index (χ4n) is 3.81. The van der Waals surface area contributed by atoms with Gasteiger partial charge in [-0.3, -0.25) is 14.1 Å². The molecule has 176 valence electrons. The maximum atomic E-state index is 13.8. The third kappa shape index (κ3) is 4.26. The second-order valence-corrected chi connectivity index (χ2v) is 9.30. The van der Waals surface area contributed by atoms with E-state index in [-0.39, 0.29) is 22.1 Å². The molecule has 0 saturated heterocycles. The molecule has 5 aromatic rings. The molecule has 1 N–H and O–H groups in total. The fraction of sp³-hybridized carbons (Fsp3) is 0.0400. The lowest BCUT2D eigenvalue weighted by molar-refractivity contribution is 0.413. The minimum absolute atomic E-state index is 0.0151. The van der Waals surface area contributed by atoms with Gasteiger partial charge in [-0.25, -0.2) is 12.8 Å². The van der Waals surface area contributed by atoms with Crippen molar-refractivity contribution >= 4 is 26.7 Å². The minimum Gasteiger partial charge on any atom is -0.495 e. The second kappa shape index (κ2) is 8.73. The first-order valence-corrected chi connectivity index (χ1v) is 11.9. The molecular formula is C25H18FN3O5S. The second-order valence-electron chi connectivity index (χ2n) is 7.61. The number of methoxy groups -OCH3 is 1. The van der Waals surface area contributed by atoms with Crippen LogP contribution in [-0.4, -0.2) is 25.3 Å². The Hall–Kier alpha value is -4.44. The summed E-state index contributed by atoms with van der Waals surface area (Å²) >= 11 is 0. The predicted octanol–water partition coefficient (Wildman–Crippen LogP) is 4.59. The molecule has 2 heterocycles. The highest BCUT2D eigenvalue weighted by Gasteiger charge is 2.18. The van der Waals surface area contributed by atoms with Crippen LogP contribution in [0.4, 0.5) is 10.2 Å². The lowest BCUT2D eigenvalue weighted by Crippen LogP contribution is -2.19. The van der Waals surface area contributed by atoms with Crippen LogP contribution in [0.1, 0.15) is 0 Å². The van der Waals surface area contributed by atoms with Gasteiger partial charge < -0.3 is 9.26 Å². The van der Waals surface area contributed by atoms with E-state index in [4.69, 9.17) is 4.74 Å². The van der Waals surface area contributed by atoms with Crippen LogP contribution in [0.15, 0.2) is 99.3 Å². The number of hydrogen-bond donors (Lipinski definition) is 1. The zero-order valence-electron chi connectivity index (χ0n) is 18.3. The standard InChI is InChI=1S/C25H18FN3O5S/c1-33-23-9-5-17(16-3-2-4-19(26)13-16)15-22(23)29-21-8-7-20(14-18(21)6-10-25(29)30)35(31,32)28-24-11-12-34-27-24/h2-15H,1H3,(H,27,28). The van der Waals surface area contributed by atoms with Crippen molar-refractivity contribution in [3.05, 3.63) is 101 Å². The van der Waals surface area contributed by atoms with E-state index in [9.17, 15) is 17.6 Å². The smallest absolute Gasteiger partial charge is 0.263 e. The first-order valence-electron chi connectivity index (χ1n) is 10.4. The Morgan fingerprint density at radius 2 is 1.80 bits per heavy atom. The summed E-state index contributed by atoms with van der Waals surface area (Å²) in [4.78, 5) is 13.0. The molecule has 35 heavy (non-hydrogen) atoms. The molecule has 0 bridgehead atoms. The summed E-state index contributed by atoms with van der Waals surface area (Å²) in [6.07, 6.45) is 1.25. The van der Waals surface area contributed by atoms with E-state index in [1.807, 2.05) is 0 Å². The van der Waals surface area contributed by atoms with E-state index in [0.29, 0.717) is 33.5 Å². The zero-order valence-corrected chi connectivity index (χ0v) is 19.1. The number of ether oxygens (including phenoxy) is 1. The first-order chi connectivity index (χ1) is 16.9. The number of benzene rings is 3. The first kappa shape index (κ1) is 22.4. The van der Waals surface area contributed by atoms with E-state index < -0.39 is 10.0 Å². The van der Waals surface area contributed by atoms with Crippen molar-refractivity contribution in [3.63, 3.8) is 0 Å². The summed E-state index contributed by atoms with van der Waals surface area (Å²) in [6, 6.07) is 20.0. The van der Waals surface area contributed by atoms with Crippen molar-refractivity contribution in [3.8, 4) is 22.6 Å². The van der Waals surface area contributed by atoms with E-state index in [1.165, 1.54) is 54.3 Å². The van der Waals surface area contributed by atoms with Gasteiger partial charge in [-0.05, 0) is 59.7 Å². The number of rotatable bonds is 6. The molecule has 0 atom stereocenters. The molecule has 0 radical (unpaired) electrons. The number of aromatic nitrogens is 2. The van der Waals surface area contributed by atoms with Crippen LogP contribution in [0.2, 0.25) is 0 Å². The van der Waals surface area contributed by atoms with Gasteiger partial charge >= 0.3 is 0 Å². The average Bonchev–Trinajstić information content (AvgIpc) is 3.35. The molecule has 8 nitrogen and oxygen atoms in total. The molecule has 0 saturated carbocycles. The number of fused-ring (bicyclic) bond motifs is 1.